The minimum Gasteiger partial charge on any atom is -0.483 e. The van der Waals surface area contributed by atoms with Crippen LogP contribution >= 0.6 is 11.3 Å². The average molecular weight is 495 g/mol. The molecule has 0 bridgehead atoms. The number of carboxylic acids is 1. The van der Waals surface area contributed by atoms with Gasteiger partial charge in [0.2, 0.25) is 0 Å². The number of alkyl halides is 3. The predicted molar refractivity (Wildman–Crippen MR) is 128 cm³/mol. The molecule has 182 valence electrons. The Labute approximate surface area is 199 Å². The van der Waals surface area contributed by atoms with Crippen LogP contribution in [0.25, 0.3) is 26.8 Å². The number of ether oxygens (including phenoxy) is 1. The van der Waals surface area contributed by atoms with Crippen LogP contribution in [-0.2, 0) is 4.79 Å². The SMILES string of the molecule is C/C(=C\C(=O)O)c1cc2c(-c3cc(C(C)C)cc(C(C)C)c3OCC(F)(F)F)c(F)ccc2s1. The van der Waals surface area contributed by atoms with E-state index in [1.54, 1.807) is 25.1 Å². The van der Waals surface area contributed by atoms with Crippen LogP contribution in [0.15, 0.2) is 36.4 Å². The lowest BCUT2D eigenvalue weighted by Crippen LogP contribution is -2.20. The van der Waals surface area contributed by atoms with E-state index in [4.69, 9.17) is 9.84 Å². The predicted octanol–water partition coefficient (Wildman–Crippen LogP) is 8.38. The third kappa shape index (κ3) is 5.60. The van der Waals surface area contributed by atoms with Crippen LogP contribution in [0.2, 0.25) is 0 Å². The zero-order valence-corrected chi connectivity index (χ0v) is 20.3. The van der Waals surface area contributed by atoms with Crippen molar-refractivity contribution in [2.75, 3.05) is 6.61 Å². The molecule has 2 aromatic carbocycles. The molecule has 0 saturated heterocycles. The fraction of sp³-hybridized carbons (Fsp3) is 0.346. The number of halogens is 4. The number of hydrogen-bond donors (Lipinski definition) is 1. The minimum atomic E-state index is -4.55. The van der Waals surface area contributed by atoms with Crippen molar-refractivity contribution in [3.05, 3.63) is 58.2 Å². The Bertz CT molecular complexity index is 1250. The maximum atomic E-state index is 15.4. The number of hydrogen-bond acceptors (Lipinski definition) is 3. The summed E-state index contributed by atoms with van der Waals surface area (Å²) in [6, 6.07) is 8.05. The molecular formula is C26H26F4O3S. The molecule has 1 aromatic heterocycles. The summed E-state index contributed by atoms with van der Waals surface area (Å²) in [5, 5.41) is 9.57. The first-order valence-corrected chi connectivity index (χ1v) is 11.6. The fourth-order valence-electron chi connectivity index (χ4n) is 3.75. The lowest BCUT2D eigenvalue weighted by molar-refractivity contribution is -0.153. The van der Waals surface area contributed by atoms with Gasteiger partial charge in [-0.15, -0.1) is 11.3 Å². The van der Waals surface area contributed by atoms with Crippen molar-refractivity contribution in [1.29, 1.82) is 0 Å². The molecule has 0 amide bonds. The second kappa shape index (κ2) is 9.78. The van der Waals surface area contributed by atoms with Crippen LogP contribution in [0.3, 0.4) is 0 Å². The number of benzene rings is 2. The summed E-state index contributed by atoms with van der Waals surface area (Å²) < 4.78 is 60.6. The second-order valence-corrected chi connectivity index (χ2v) is 9.89. The Hall–Kier alpha value is -2.87. The van der Waals surface area contributed by atoms with Gasteiger partial charge < -0.3 is 9.84 Å². The molecule has 3 nitrogen and oxygen atoms in total. The van der Waals surface area contributed by atoms with Crippen LogP contribution < -0.4 is 4.74 Å². The van der Waals surface area contributed by atoms with Crippen molar-refractivity contribution in [2.45, 2.75) is 52.6 Å². The smallest absolute Gasteiger partial charge is 0.422 e. The van der Waals surface area contributed by atoms with Gasteiger partial charge in [-0.2, -0.15) is 13.2 Å². The molecule has 0 aliphatic heterocycles. The number of thiophene rings is 1. The van der Waals surface area contributed by atoms with E-state index in [0.717, 1.165) is 11.6 Å². The first-order valence-electron chi connectivity index (χ1n) is 10.8. The second-order valence-electron chi connectivity index (χ2n) is 8.81. The van der Waals surface area contributed by atoms with Gasteiger partial charge in [0.1, 0.15) is 11.6 Å². The van der Waals surface area contributed by atoms with Gasteiger partial charge >= 0.3 is 12.1 Å². The summed E-state index contributed by atoms with van der Waals surface area (Å²) in [4.78, 5) is 11.7. The maximum absolute atomic E-state index is 15.4. The monoisotopic (exact) mass is 494 g/mol. The fourth-order valence-corrected chi connectivity index (χ4v) is 4.79. The highest BCUT2D eigenvalue weighted by Crippen LogP contribution is 2.45. The summed E-state index contributed by atoms with van der Waals surface area (Å²) in [6.07, 6.45) is -3.49. The van der Waals surface area contributed by atoms with E-state index in [1.807, 2.05) is 33.8 Å². The molecule has 0 radical (unpaired) electrons. The number of fused-ring (bicyclic) bond motifs is 1. The average Bonchev–Trinajstić information content (AvgIpc) is 3.15. The number of aliphatic carboxylic acids is 1. The number of allylic oxidation sites excluding steroid dienone is 1. The van der Waals surface area contributed by atoms with Crippen LogP contribution in [-0.4, -0.2) is 23.9 Å². The number of carbonyl (C=O) groups is 1. The molecule has 0 aliphatic rings. The quantitative estimate of drug-likeness (QED) is 0.265. The van der Waals surface area contributed by atoms with E-state index < -0.39 is 24.6 Å². The van der Waals surface area contributed by atoms with Gasteiger partial charge in [-0.1, -0.05) is 33.8 Å². The molecule has 0 aliphatic carbocycles. The van der Waals surface area contributed by atoms with E-state index in [9.17, 15) is 18.0 Å². The zero-order chi connectivity index (χ0) is 25.4. The molecular weight excluding hydrogens is 468 g/mol. The molecule has 1 N–H and O–H groups in total. The van der Waals surface area contributed by atoms with Crippen molar-refractivity contribution in [3.63, 3.8) is 0 Å². The molecule has 3 aromatic rings. The zero-order valence-electron chi connectivity index (χ0n) is 19.5. The molecule has 0 fully saturated rings. The summed E-state index contributed by atoms with van der Waals surface area (Å²) in [6.45, 7) is 7.77. The first kappa shape index (κ1) is 25.7. The van der Waals surface area contributed by atoms with Crippen LogP contribution in [0, 0.1) is 5.82 Å². The molecule has 34 heavy (non-hydrogen) atoms. The van der Waals surface area contributed by atoms with Gasteiger partial charge in [0, 0.05) is 32.2 Å². The van der Waals surface area contributed by atoms with E-state index >= 15 is 4.39 Å². The molecule has 0 unspecified atom stereocenters. The topological polar surface area (TPSA) is 46.5 Å². The Balaban J connectivity index is 2.36. The standard InChI is InChI=1S/C26H26F4O3S/c1-13(2)16-9-17(14(3)4)25(33-12-26(28,29)30)19(10-16)24-18-11-22(15(5)8-23(31)32)34-21(18)7-6-20(24)27/h6-11,13-14H,12H2,1-5H3,(H,31,32)/b15-8+. The van der Waals surface area contributed by atoms with E-state index in [1.165, 1.54) is 17.4 Å². The van der Waals surface area contributed by atoms with Crippen molar-refractivity contribution in [1.82, 2.24) is 0 Å². The highest BCUT2D eigenvalue weighted by Gasteiger charge is 2.31. The van der Waals surface area contributed by atoms with Crippen molar-refractivity contribution in [2.24, 2.45) is 0 Å². The molecule has 0 saturated carbocycles. The Morgan fingerprint density at radius 3 is 2.35 bits per heavy atom. The summed E-state index contributed by atoms with van der Waals surface area (Å²) in [7, 11) is 0. The van der Waals surface area contributed by atoms with Gasteiger partial charge in [0.25, 0.3) is 0 Å². The Morgan fingerprint density at radius 1 is 1.12 bits per heavy atom. The summed E-state index contributed by atoms with van der Waals surface area (Å²) in [5.41, 5.74) is 2.31. The van der Waals surface area contributed by atoms with Crippen LogP contribution in [0.5, 0.6) is 5.75 Å². The first-order chi connectivity index (χ1) is 15.8. The number of carboxylic acid groups (broad SMARTS) is 1. The molecule has 3 rings (SSSR count). The Kier molecular flexibility index (Phi) is 7.41. The van der Waals surface area contributed by atoms with Crippen LogP contribution in [0.1, 0.15) is 62.5 Å². The van der Waals surface area contributed by atoms with Gasteiger partial charge in [0.15, 0.2) is 6.61 Å². The molecule has 0 atom stereocenters. The van der Waals surface area contributed by atoms with E-state index in [0.29, 0.717) is 26.1 Å². The van der Waals surface area contributed by atoms with Gasteiger partial charge in [-0.3, -0.25) is 0 Å². The molecule has 1 heterocycles. The lowest BCUT2D eigenvalue weighted by atomic mass is 9.88. The summed E-state index contributed by atoms with van der Waals surface area (Å²) >= 11 is 1.29. The van der Waals surface area contributed by atoms with Crippen molar-refractivity contribution in [3.8, 4) is 16.9 Å². The normalized spacial score (nSPS) is 12.7. The maximum Gasteiger partial charge on any atom is 0.422 e. The third-order valence-corrected chi connectivity index (χ3v) is 6.69. The molecule has 8 heteroatoms. The van der Waals surface area contributed by atoms with Crippen LogP contribution in [0.4, 0.5) is 17.6 Å². The summed E-state index contributed by atoms with van der Waals surface area (Å²) in [5.74, 6) is -1.80. The minimum absolute atomic E-state index is 0.00803. The van der Waals surface area contributed by atoms with E-state index in [-0.39, 0.29) is 28.7 Å². The third-order valence-electron chi connectivity index (χ3n) is 5.46. The Morgan fingerprint density at radius 2 is 1.79 bits per heavy atom. The lowest BCUT2D eigenvalue weighted by Gasteiger charge is -2.22. The van der Waals surface area contributed by atoms with E-state index in [2.05, 4.69) is 0 Å². The number of rotatable bonds is 7. The van der Waals surface area contributed by atoms with Crippen molar-refractivity contribution >= 4 is 33.0 Å². The highest BCUT2D eigenvalue weighted by atomic mass is 32.1. The highest BCUT2D eigenvalue weighted by molar-refractivity contribution is 7.20. The van der Waals surface area contributed by atoms with Crippen molar-refractivity contribution < 1.29 is 32.2 Å². The van der Waals surface area contributed by atoms with Gasteiger partial charge in [-0.05, 0) is 59.7 Å². The van der Waals surface area contributed by atoms with Gasteiger partial charge in [0.05, 0.1) is 0 Å². The molecule has 0 spiro atoms. The largest absolute Gasteiger partial charge is 0.483 e. The van der Waals surface area contributed by atoms with Gasteiger partial charge in [-0.25, -0.2) is 9.18 Å².